The van der Waals surface area contributed by atoms with Crippen LogP contribution in [0.4, 0.5) is 0 Å². The van der Waals surface area contributed by atoms with Crippen molar-refractivity contribution >= 4 is 9.39 Å². The first-order valence-corrected chi connectivity index (χ1v) is 4.04. The smallest absolute Gasteiger partial charge is 0.00104 e. The van der Waals surface area contributed by atoms with E-state index in [0.717, 1.165) is 13.0 Å². The van der Waals surface area contributed by atoms with E-state index < -0.39 is 0 Å². The second-order valence-corrected chi connectivity index (χ2v) is 2.84. The molecule has 3 N–H and O–H groups in total. The molecule has 0 aromatic heterocycles. The van der Waals surface area contributed by atoms with Crippen LogP contribution < -0.4 is 10.8 Å². The summed E-state index contributed by atoms with van der Waals surface area (Å²) in [6.07, 6.45) is 3.61. The first kappa shape index (κ1) is 9.35. The first-order chi connectivity index (χ1) is 4.27. The highest BCUT2D eigenvalue weighted by Crippen LogP contribution is 1.96. The third kappa shape index (κ3) is 8.35. The molecule has 56 valence electrons. The standard InChI is InChI=1S/C6H17N2P/c1-6(7)4-2-3-5-8-9/h6,8H,2-5,7,9H2,1H3. The van der Waals surface area contributed by atoms with E-state index in [4.69, 9.17) is 5.73 Å². The summed E-state index contributed by atoms with van der Waals surface area (Å²) >= 11 is 0. The molecule has 2 unspecified atom stereocenters. The average molecular weight is 148 g/mol. The third-order valence-electron chi connectivity index (χ3n) is 1.23. The Morgan fingerprint density at radius 2 is 2.22 bits per heavy atom. The second-order valence-electron chi connectivity index (χ2n) is 2.43. The molecule has 0 radical (unpaired) electrons. The Morgan fingerprint density at radius 1 is 1.56 bits per heavy atom. The molecule has 0 fully saturated rings. The van der Waals surface area contributed by atoms with Crippen LogP contribution in [0.5, 0.6) is 0 Å². The quantitative estimate of drug-likeness (QED) is 0.448. The maximum atomic E-state index is 5.55. The molecule has 0 aliphatic rings. The highest BCUT2D eigenvalue weighted by atomic mass is 31.0. The summed E-state index contributed by atoms with van der Waals surface area (Å²) in [5.74, 6) is 0. The molecule has 0 aromatic rings. The summed E-state index contributed by atoms with van der Waals surface area (Å²) in [5.41, 5.74) is 5.55. The van der Waals surface area contributed by atoms with E-state index in [0.29, 0.717) is 6.04 Å². The molecular formula is C6H17N2P. The zero-order chi connectivity index (χ0) is 7.11. The van der Waals surface area contributed by atoms with Gasteiger partial charge in [-0.1, -0.05) is 15.8 Å². The Morgan fingerprint density at radius 3 is 2.67 bits per heavy atom. The first-order valence-electron chi connectivity index (χ1n) is 3.46. The molecule has 0 heterocycles. The molecule has 0 spiro atoms. The molecule has 2 atom stereocenters. The van der Waals surface area contributed by atoms with Crippen LogP contribution in [0.2, 0.25) is 0 Å². The number of hydrogen-bond acceptors (Lipinski definition) is 2. The lowest BCUT2D eigenvalue weighted by Gasteiger charge is -2.02. The fraction of sp³-hybridized carbons (Fsp3) is 1.00. The Labute approximate surface area is 59.8 Å². The zero-order valence-corrected chi connectivity index (χ0v) is 7.22. The van der Waals surface area contributed by atoms with Crippen molar-refractivity contribution in [3.8, 4) is 0 Å². The highest BCUT2D eigenvalue weighted by Gasteiger charge is 1.91. The Bertz CT molecular complexity index is 57.0. The molecule has 0 saturated carbocycles. The monoisotopic (exact) mass is 148 g/mol. The van der Waals surface area contributed by atoms with E-state index in [1.54, 1.807) is 0 Å². The van der Waals surface area contributed by atoms with Crippen molar-refractivity contribution in [2.45, 2.75) is 32.2 Å². The van der Waals surface area contributed by atoms with Crippen molar-refractivity contribution in [1.29, 1.82) is 0 Å². The highest BCUT2D eigenvalue weighted by molar-refractivity contribution is 7.13. The Balaban J connectivity index is 2.75. The topological polar surface area (TPSA) is 38.0 Å². The molecule has 0 rings (SSSR count). The van der Waals surface area contributed by atoms with Crippen LogP contribution in [-0.4, -0.2) is 12.6 Å². The van der Waals surface area contributed by atoms with Gasteiger partial charge in [-0.05, 0) is 26.3 Å². The van der Waals surface area contributed by atoms with E-state index in [1.165, 1.54) is 12.8 Å². The summed E-state index contributed by atoms with van der Waals surface area (Å²) in [7, 11) is 2.49. The molecule has 9 heavy (non-hydrogen) atoms. The van der Waals surface area contributed by atoms with Gasteiger partial charge in [-0.2, -0.15) is 0 Å². The number of hydrogen-bond donors (Lipinski definition) is 2. The number of nitrogens with two attached hydrogens (primary N) is 1. The van der Waals surface area contributed by atoms with Crippen LogP contribution in [0, 0.1) is 0 Å². The van der Waals surface area contributed by atoms with Gasteiger partial charge in [0.1, 0.15) is 0 Å². The summed E-state index contributed by atoms with van der Waals surface area (Å²) < 4.78 is 0. The average Bonchev–Trinajstić information content (AvgIpc) is 1.80. The van der Waals surface area contributed by atoms with Crippen LogP contribution in [0.25, 0.3) is 0 Å². The van der Waals surface area contributed by atoms with Gasteiger partial charge in [-0.25, -0.2) is 0 Å². The molecule has 0 aliphatic carbocycles. The molecular weight excluding hydrogens is 131 g/mol. The van der Waals surface area contributed by atoms with Gasteiger partial charge < -0.3 is 10.8 Å². The van der Waals surface area contributed by atoms with Gasteiger partial charge in [-0.3, -0.25) is 0 Å². The van der Waals surface area contributed by atoms with Crippen molar-refractivity contribution in [2.24, 2.45) is 5.73 Å². The van der Waals surface area contributed by atoms with Gasteiger partial charge in [-0.15, -0.1) is 0 Å². The lowest BCUT2D eigenvalue weighted by Crippen LogP contribution is -2.14. The Hall–Kier alpha value is 0.350. The van der Waals surface area contributed by atoms with E-state index >= 15 is 0 Å². The van der Waals surface area contributed by atoms with Crippen LogP contribution in [-0.2, 0) is 0 Å². The SMILES string of the molecule is CC(N)CCCCNP. The minimum atomic E-state index is 0.370. The lowest BCUT2D eigenvalue weighted by atomic mass is 10.1. The van der Waals surface area contributed by atoms with Gasteiger partial charge in [0.05, 0.1) is 0 Å². The van der Waals surface area contributed by atoms with E-state index in [2.05, 4.69) is 14.5 Å². The van der Waals surface area contributed by atoms with E-state index in [-0.39, 0.29) is 0 Å². The van der Waals surface area contributed by atoms with Crippen LogP contribution in [0.3, 0.4) is 0 Å². The molecule has 0 bridgehead atoms. The summed E-state index contributed by atoms with van der Waals surface area (Å²) in [6.45, 7) is 3.13. The lowest BCUT2D eigenvalue weighted by molar-refractivity contribution is 0.596. The summed E-state index contributed by atoms with van der Waals surface area (Å²) in [6, 6.07) is 0.370. The van der Waals surface area contributed by atoms with E-state index in [9.17, 15) is 0 Å². The fourth-order valence-electron chi connectivity index (χ4n) is 0.693. The van der Waals surface area contributed by atoms with Gasteiger partial charge in [0, 0.05) is 6.04 Å². The minimum absolute atomic E-state index is 0.370. The third-order valence-corrected chi connectivity index (χ3v) is 1.52. The summed E-state index contributed by atoms with van der Waals surface area (Å²) in [4.78, 5) is 0. The predicted molar refractivity (Wildman–Crippen MR) is 45.2 cm³/mol. The van der Waals surface area contributed by atoms with Gasteiger partial charge in [0.15, 0.2) is 0 Å². The van der Waals surface area contributed by atoms with Crippen LogP contribution in [0.1, 0.15) is 26.2 Å². The number of nitrogens with one attached hydrogen (secondary N) is 1. The molecule has 0 amide bonds. The Kier molecular flexibility index (Phi) is 6.72. The van der Waals surface area contributed by atoms with Gasteiger partial charge >= 0.3 is 0 Å². The van der Waals surface area contributed by atoms with Crippen molar-refractivity contribution in [3.63, 3.8) is 0 Å². The van der Waals surface area contributed by atoms with Crippen molar-refractivity contribution < 1.29 is 0 Å². The molecule has 0 saturated heterocycles. The molecule has 3 heteroatoms. The van der Waals surface area contributed by atoms with Crippen molar-refractivity contribution in [2.75, 3.05) is 6.54 Å². The zero-order valence-electron chi connectivity index (χ0n) is 6.06. The largest absolute Gasteiger partial charge is 0.328 e. The van der Waals surface area contributed by atoms with Gasteiger partial charge in [0.25, 0.3) is 0 Å². The normalized spacial score (nSPS) is 13.7. The number of rotatable bonds is 5. The van der Waals surface area contributed by atoms with E-state index in [1.807, 2.05) is 6.92 Å². The van der Waals surface area contributed by atoms with Crippen LogP contribution >= 0.6 is 9.39 Å². The predicted octanol–water partition coefficient (Wildman–Crippen LogP) is 0.884. The molecule has 2 nitrogen and oxygen atoms in total. The van der Waals surface area contributed by atoms with Crippen molar-refractivity contribution in [3.05, 3.63) is 0 Å². The molecule has 0 aromatic carbocycles. The fourth-order valence-corrected chi connectivity index (χ4v) is 0.897. The molecule has 0 aliphatic heterocycles. The maximum Gasteiger partial charge on any atom is 0.00104 e. The van der Waals surface area contributed by atoms with Crippen LogP contribution in [0.15, 0.2) is 0 Å². The number of unbranched alkanes of at least 4 members (excludes halogenated alkanes) is 1. The minimum Gasteiger partial charge on any atom is -0.328 e. The maximum absolute atomic E-state index is 5.55. The summed E-state index contributed by atoms with van der Waals surface area (Å²) in [5, 5.41) is 3.02. The second kappa shape index (κ2) is 6.47. The van der Waals surface area contributed by atoms with Crippen molar-refractivity contribution in [1.82, 2.24) is 5.09 Å². The van der Waals surface area contributed by atoms with Gasteiger partial charge in [0.2, 0.25) is 0 Å².